The molecule has 2 aromatic rings. The van der Waals surface area contributed by atoms with Crippen LogP contribution in [0, 0.1) is 6.92 Å². The summed E-state index contributed by atoms with van der Waals surface area (Å²) in [5.74, 6) is 0. The van der Waals surface area contributed by atoms with Gasteiger partial charge in [0, 0.05) is 12.1 Å². The molecule has 0 spiro atoms. The molecule has 0 aliphatic heterocycles. The number of rotatable bonds is 6. The molecule has 1 heterocycles. The predicted octanol–water partition coefficient (Wildman–Crippen LogP) is 3.40. The van der Waals surface area contributed by atoms with Gasteiger partial charge in [0.05, 0.1) is 11.4 Å². The van der Waals surface area contributed by atoms with Gasteiger partial charge in [-0.15, -0.1) is 11.8 Å². The highest BCUT2D eigenvalue weighted by Gasteiger charge is 2.14. The average molecular weight is 275 g/mol. The lowest BCUT2D eigenvalue weighted by Crippen LogP contribution is -2.14. The van der Waals surface area contributed by atoms with Gasteiger partial charge < -0.3 is 5.32 Å². The maximum Gasteiger partial charge on any atom is 0.104 e. The van der Waals surface area contributed by atoms with Crippen molar-refractivity contribution in [3.05, 3.63) is 41.6 Å². The second-order valence-electron chi connectivity index (χ2n) is 4.50. The zero-order valence-corrected chi connectivity index (χ0v) is 12.6. The van der Waals surface area contributed by atoms with E-state index in [4.69, 9.17) is 0 Å². The second kappa shape index (κ2) is 6.78. The summed E-state index contributed by atoms with van der Waals surface area (Å²) < 4.78 is 2.04. The van der Waals surface area contributed by atoms with Crippen molar-refractivity contribution < 1.29 is 0 Å². The third-order valence-corrected chi connectivity index (χ3v) is 3.87. The largest absolute Gasteiger partial charge is 0.313 e. The number of benzene rings is 1. The minimum absolute atomic E-state index is 0.892. The van der Waals surface area contributed by atoms with Gasteiger partial charge in [0.1, 0.15) is 5.03 Å². The van der Waals surface area contributed by atoms with E-state index in [1.54, 1.807) is 11.8 Å². The molecular formula is C15H21N3S. The van der Waals surface area contributed by atoms with Gasteiger partial charge in [-0.2, -0.15) is 5.10 Å². The summed E-state index contributed by atoms with van der Waals surface area (Å²) in [5.41, 5.74) is 3.54. The Morgan fingerprint density at radius 1 is 1.26 bits per heavy atom. The van der Waals surface area contributed by atoms with Gasteiger partial charge >= 0.3 is 0 Å². The van der Waals surface area contributed by atoms with E-state index in [2.05, 4.69) is 42.7 Å². The number of aromatic nitrogens is 2. The number of nitrogens with zero attached hydrogens (tertiary/aromatic N) is 2. The van der Waals surface area contributed by atoms with Gasteiger partial charge in [-0.05, 0) is 38.3 Å². The molecule has 1 N–H and O–H groups in total. The zero-order chi connectivity index (χ0) is 13.7. The molecule has 0 saturated carbocycles. The van der Waals surface area contributed by atoms with Crippen LogP contribution in [0.15, 0.2) is 35.4 Å². The number of hydrogen-bond acceptors (Lipinski definition) is 3. The Balaban J connectivity index is 2.33. The van der Waals surface area contributed by atoms with Crippen LogP contribution in [0.2, 0.25) is 0 Å². The standard InChI is InChI=1S/C15H21N3S/c1-4-10-16-11-14-12(2)17-18(15(14)19-3)13-8-6-5-7-9-13/h5-9,16H,4,10-11H2,1-3H3. The lowest BCUT2D eigenvalue weighted by Gasteiger charge is -2.07. The zero-order valence-electron chi connectivity index (χ0n) is 11.8. The van der Waals surface area contributed by atoms with Crippen molar-refractivity contribution in [3.8, 4) is 5.69 Å². The Morgan fingerprint density at radius 3 is 2.63 bits per heavy atom. The van der Waals surface area contributed by atoms with Crippen LogP contribution in [0.3, 0.4) is 0 Å². The third kappa shape index (κ3) is 3.19. The van der Waals surface area contributed by atoms with Crippen molar-refractivity contribution >= 4 is 11.8 Å². The summed E-state index contributed by atoms with van der Waals surface area (Å²) in [6.45, 7) is 6.21. The van der Waals surface area contributed by atoms with E-state index in [1.165, 1.54) is 10.6 Å². The molecule has 0 atom stereocenters. The van der Waals surface area contributed by atoms with Crippen LogP contribution in [0.5, 0.6) is 0 Å². The van der Waals surface area contributed by atoms with Gasteiger partial charge in [-0.1, -0.05) is 25.1 Å². The van der Waals surface area contributed by atoms with E-state index in [0.29, 0.717) is 0 Å². The fraction of sp³-hybridized carbons (Fsp3) is 0.400. The van der Waals surface area contributed by atoms with Crippen molar-refractivity contribution in [1.29, 1.82) is 0 Å². The number of nitrogens with one attached hydrogen (secondary N) is 1. The molecule has 19 heavy (non-hydrogen) atoms. The van der Waals surface area contributed by atoms with Gasteiger partial charge in [0.15, 0.2) is 0 Å². The molecule has 2 rings (SSSR count). The van der Waals surface area contributed by atoms with E-state index < -0.39 is 0 Å². The average Bonchev–Trinajstić information content (AvgIpc) is 2.77. The van der Waals surface area contributed by atoms with Crippen LogP contribution in [-0.4, -0.2) is 22.6 Å². The van der Waals surface area contributed by atoms with Gasteiger partial charge in [-0.25, -0.2) is 4.68 Å². The SMILES string of the molecule is CCCNCc1c(C)nn(-c2ccccc2)c1SC. The summed E-state index contributed by atoms with van der Waals surface area (Å²) in [5, 5.41) is 9.38. The van der Waals surface area contributed by atoms with Crippen molar-refractivity contribution in [2.75, 3.05) is 12.8 Å². The van der Waals surface area contributed by atoms with Gasteiger partial charge in [0.2, 0.25) is 0 Å². The molecule has 1 aromatic carbocycles. The Labute approximate surface area is 119 Å². The van der Waals surface area contributed by atoms with Crippen LogP contribution in [0.1, 0.15) is 24.6 Å². The first-order chi connectivity index (χ1) is 9.27. The summed E-state index contributed by atoms with van der Waals surface area (Å²) in [6, 6.07) is 10.3. The summed E-state index contributed by atoms with van der Waals surface area (Å²) in [7, 11) is 0. The molecule has 102 valence electrons. The van der Waals surface area contributed by atoms with Crippen molar-refractivity contribution in [1.82, 2.24) is 15.1 Å². The minimum Gasteiger partial charge on any atom is -0.313 e. The normalized spacial score (nSPS) is 10.9. The Morgan fingerprint density at radius 2 is 2.00 bits per heavy atom. The van der Waals surface area contributed by atoms with E-state index in [0.717, 1.165) is 30.9 Å². The molecule has 0 bridgehead atoms. The van der Waals surface area contributed by atoms with Crippen LogP contribution < -0.4 is 5.32 Å². The molecule has 0 unspecified atom stereocenters. The van der Waals surface area contributed by atoms with Crippen molar-refractivity contribution in [2.24, 2.45) is 0 Å². The van der Waals surface area contributed by atoms with Crippen LogP contribution in [-0.2, 0) is 6.54 Å². The second-order valence-corrected chi connectivity index (χ2v) is 5.29. The van der Waals surface area contributed by atoms with Crippen molar-refractivity contribution in [3.63, 3.8) is 0 Å². The van der Waals surface area contributed by atoms with E-state index in [-0.39, 0.29) is 0 Å². The minimum atomic E-state index is 0.892. The number of para-hydroxylation sites is 1. The monoisotopic (exact) mass is 275 g/mol. The first kappa shape index (κ1) is 14.2. The quantitative estimate of drug-likeness (QED) is 0.647. The lowest BCUT2D eigenvalue weighted by molar-refractivity contribution is 0.664. The topological polar surface area (TPSA) is 29.9 Å². The Bertz CT molecular complexity index is 520. The third-order valence-electron chi connectivity index (χ3n) is 3.06. The molecule has 0 amide bonds. The van der Waals surface area contributed by atoms with Crippen LogP contribution >= 0.6 is 11.8 Å². The fourth-order valence-corrected chi connectivity index (χ4v) is 2.87. The van der Waals surface area contributed by atoms with Gasteiger partial charge in [0.25, 0.3) is 0 Å². The summed E-state index contributed by atoms with van der Waals surface area (Å²) in [4.78, 5) is 0. The molecule has 0 radical (unpaired) electrons. The Hall–Kier alpha value is -1.26. The lowest BCUT2D eigenvalue weighted by atomic mass is 10.2. The molecule has 0 aliphatic carbocycles. The number of hydrogen-bond donors (Lipinski definition) is 1. The van der Waals surface area contributed by atoms with E-state index in [9.17, 15) is 0 Å². The molecule has 0 fully saturated rings. The Kier molecular flexibility index (Phi) is 5.05. The van der Waals surface area contributed by atoms with Gasteiger partial charge in [-0.3, -0.25) is 0 Å². The summed E-state index contributed by atoms with van der Waals surface area (Å²) in [6.07, 6.45) is 3.26. The highest BCUT2D eigenvalue weighted by Crippen LogP contribution is 2.26. The maximum absolute atomic E-state index is 4.69. The van der Waals surface area contributed by atoms with Crippen LogP contribution in [0.4, 0.5) is 0 Å². The predicted molar refractivity (Wildman–Crippen MR) is 82.1 cm³/mol. The number of thioether (sulfide) groups is 1. The molecule has 3 nitrogen and oxygen atoms in total. The summed E-state index contributed by atoms with van der Waals surface area (Å²) >= 11 is 1.76. The van der Waals surface area contributed by atoms with Crippen molar-refractivity contribution in [2.45, 2.75) is 31.8 Å². The van der Waals surface area contributed by atoms with E-state index in [1.807, 2.05) is 22.9 Å². The molecular weight excluding hydrogens is 254 g/mol. The molecule has 0 aliphatic rings. The maximum atomic E-state index is 4.69. The highest BCUT2D eigenvalue weighted by molar-refractivity contribution is 7.98. The number of aryl methyl sites for hydroxylation is 1. The smallest absolute Gasteiger partial charge is 0.104 e. The molecule has 0 saturated heterocycles. The first-order valence-corrected chi connectivity index (χ1v) is 7.89. The highest BCUT2D eigenvalue weighted by atomic mass is 32.2. The molecule has 4 heteroatoms. The first-order valence-electron chi connectivity index (χ1n) is 6.66. The van der Waals surface area contributed by atoms with Crippen LogP contribution in [0.25, 0.3) is 5.69 Å². The van der Waals surface area contributed by atoms with E-state index >= 15 is 0 Å². The fourth-order valence-electron chi connectivity index (χ4n) is 2.09. The molecule has 1 aromatic heterocycles.